The molecule has 0 aromatic carbocycles. The zero-order valence-corrected chi connectivity index (χ0v) is 11.8. The van der Waals surface area contributed by atoms with Gasteiger partial charge in [-0.2, -0.15) is 0 Å². The highest BCUT2D eigenvalue weighted by Crippen LogP contribution is 2.38. The number of rotatable bonds is 3. The fourth-order valence-electron chi connectivity index (χ4n) is 1.45. The lowest BCUT2D eigenvalue weighted by Crippen LogP contribution is -2.43. The van der Waals surface area contributed by atoms with E-state index in [1.807, 2.05) is 0 Å². The van der Waals surface area contributed by atoms with Crippen LogP contribution in [0.2, 0.25) is 18.1 Å². The molecule has 0 aliphatic heterocycles. The highest BCUT2D eigenvalue weighted by molar-refractivity contribution is 6.74. The highest BCUT2D eigenvalue weighted by Gasteiger charge is 2.39. The largest absolute Gasteiger partial charge is 0.410 e. The molecule has 1 rings (SSSR count). The number of ether oxygens (including phenoxy) is 1. The van der Waals surface area contributed by atoms with Crippen LogP contribution in [0.25, 0.3) is 0 Å². The van der Waals surface area contributed by atoms with Crippen molar-refractivity contribution in [2.75, 3.05) is 7.11 Å². The molecule has 3 heteroatoms. The van der Waals surface area contributed by atoms with Crippen molar-refractivity contribution >= 4 is 8.32 Å². The molecule has 0 heterocycles. The fraction of sp³-hybridized carbons (Fsp3) is 0.833. The normalized spacial score (nSPS) is 27.3. The molecule has 1 aliphatic carbocycles. The van der Waals surface area contributed by atoms with Crippen molar-refractivity contribution in [1.82, 2.24) is 0 Å². The molecule has 1 aliphatic rings. The van der Waals surface area contributed by atoms with Gasteiger partial charge in [-0.1, -0.05) is 32.9 Å². The summed E-state index contributed by atoms with van der Waals surface area (Å²) >= 11 is 0. The minimum atomic E-state index is -1.62. The van der Waals surface area contributed by atoms with E-state index in [1.165, 1.54) is 0 Å². The van der Waals surface area contributed by atoms with E-state index in [9.17, 15) is 0 Å². The number of hydrogen-bond acceptors (Lipinski definition) is 2. The van der Waals surface area contributed by atoms with Crippen molar-refractivity contribution in [3.63, 3.8) is 0 Å². The fourth-order valence-corrected chi connectivity index (χ4v) is 2.74. The maximum atomic E-state index is 6.27. The molecule has 0 aromatic rings. The monoisotopic (exact) mass is 228 g/mol. The van der Waals surface area contributed by atoms with Crippen molar-refractivity contribution in [2.45, 2.75) is 57.5 Å². The number of hydrogen-bond donors (Lipinski definition) is 0. The third kappa shape index (κ3) is 3.16. The van der Waals surface area contributed by atoms with Crippen LogP contribution in [-0.4, -0.2) is 27.6 Å². The lowest BCUT2D eigenvalue weighted by atomic mass is 10.2. The van der Waals surface area contributed by atoms with Gasteiger partial charge >= 0.3 is 0 Å². The summed E-state index contributed by atoms with van der Waals surface area (Å²) in [5, 5.41) is 0.284. The predicted molar refractivity (Wildman–Crippen MR) is 66.6 cm³/mol. The van der Waals surface area contributed by atoms with Gasteiger partial charge in [-0.05, 0) is 18.1 Å². The molecule has 0 fully saturated rings. The van der Waals surface area contributed by atoms with Gasteiger partial charge in [-0.3, -0.25) is 0 Å². The first-order chi connectivity index (χ1) is 6.76. The van der Waals surface area contributed by atoms with Crippen LogP contribution in [0.3, 0.4) is 0 Å². The summed E-state index contributed by atoms with van der Waals surface area (Å²) in [6.07, 6.45) is 5.74. The van der Waals surface area contributed by atoms with Gasteiger partial charge in [0, 0.05) is 13.5 Å². The van der Waals surface area contributed by atoms with Gasteiger partial charge in [-0.25, -0.2) is 0 Å². The van der Waals surface area contributed by atoms with Gasteiger partial charge in [0.05, 0.1) is 12.2 Å². The topological polar surface area (TPSA) is 18.5 Å². The molecule has 0 aromatic heterocycles. The first-order valence-electron chi connectivity index (χ1n) is 5.65. The van der Waals surface area contributed by atoms with E-state index in [2.05, 4.69) is 46.0 Å². The Kier molecular flexibility index (Phi) is 3.79. The van der Waals surface area contributed by atoms with E-state index in [0.29, 0.717) is 0 Å². The molecule has 0 radical (unpaired) electrons. The summed E-state index contributed by atoms with van der Waals surface area (Å²) in [4.78, 5) is 0. The first kappa shape index (κ1) is 12.9. The third-order valence-electron chi connectivity index (χ3n) is 3.56. The van der Waals surface area contributed by atoms with Crippen LogP contribution < -0.4 is 0 Å². The second-order valence-corrected chi connectivity index (χ2v) is 10.6. The maximum absolute atomic E-state index is 6.27. The van der Waals surface area contributed by atoms with Crippen LogP contribution in [0, 0.1) is 0 Å². The van der Waals surface area contributed by atoms with Crippen LogP contribution in [-0.2, 0) is 9.16 Å². The van der Waals surface area contributed by atoms with E-state index in [0.717, 1.165) is 6.42 Å². The van der Waals surface area contributed by atoms with Crippen LogP contribution in [0.5, 0.6) is 0 Å². The Balaban J connectivity index is 2.54. The Morgan fingerprint density at radius 2 is 1.67 bits per heavy atom. The Bertz CT molecular complexity index is 240. The standard InChI is InChI=1S/C12H24O2Si/c1-12(2,3)15(5,6)14-11-8-7-10(9-11)13-4/h7-8,10-11H,9H2,1-6H3/t10-,11+/m0/s1. The van der Waals surface area contributed by atoms with E-state index in [-0.39, 0.29) is 17.2 Å². The first-order valence-corrected chi connectivity index (χ1v) is 8.56. The van der Waals surface area contributed by atoms with Crippen molar-refractivity contribution in [1.29, 1.82) is 0 Å². The molecule has 2 nitrogen and oxygen atoms in total. The summed E-state index contributed by atoms with van der Waals surface area (Å²) in [7, 11) is 0.135. The quantitative estimate of drug-likeness (QED) is 0.545. The van der Waals surface area contributed by atoms with Gasteiger partial charge < -0.3 is 9.16 Å². The Morgan fingerprint density at radius 1 is 1.13 bits per heavy atom. The van der Waals surface area contributed by atoms with Gasteiger partial charge in [0.2, 0.25) is 0 Å². The highest BCUT2D eigenvalue weighted by atomic mass is 28.4. The lowest BCUT2D eigenvalue weighted by molar-refractivity contribution is 0.108. The summed E-state index contributed by atoms with van der Waals surface area (Å²) in [6, 6.07) is 0. The average molecular weight is 228 g/mol. The summed E-state index contributed by atoms with van der Waals surface area (Å²) in [6.45, 7) is 11.4. The Labute approximate surface area is 94.8 Å². The summed E-state index contributed by atoms with van der Waals surface area (Å²) < 4.78 is 11.6. The molecule has 0 bridgehead atoms. The van der Waals surface area contributed by atoms with Crippen molar-refractivity contribution in [2.24, 2.45) is 0 Å². The third-order valence-corrected chi connectivity index (χ3v) is 8.06. The van der Waals surface area contributed by atoms with E-state index in [4.69, 9.17) is 9.16 Å². The van der Waals surface area contributed by atoms with E-state index in [1.54, 1.807) is 7.11 Å². The van der Waals surface area contributed by atoms with Crippen LogP contribution in [0.4, 0.5) is 0 Å². The summed E-state index contributed by atoms with van der Waals surface area (Å²) in [5.41, 5.74) is 0. The lowest BCUT2D eigenvalue weighted by Gasteiger charge is -2.38. The van der Waals surface area contributed by atoms with Crippen LogP contribution in [0.1, 0.15) is 27.2 Å². The minimum absolute atomic E-state index is 0.250. The maximum Gasteiger partial charge on any atom is 0.192 e. The molecular weight excluding hydrogens is 204 g/mol. The molecule has 0 unspecified atom stereocenters. The molecular formula is C12H24O2Si. The predicted octanol–water partition coefficient (Wildman–Crippen LogP) is 3.35. The molecule has 88 valence electrons. The van der Waals surface area contributed by atoms with Crippen molar-refractivity contribution in [3.05, 3.63) is 12.2 Å². The molecule has 15 heavy (non-hydrogen) atoms. The van der Waals surface area contributed by atoms with Gasteiger partial charge in [0.25, 0.3) is 0 Å². The van der Waals surface area contributed by atoms with Gasteiger partial charge in [0.15, 0.2) is 8.32 Å². The molecule has 0 amide bonds. The van der Waals surface area contributed by atoms with Gasteiger partial charge in [0.1, 0.15) is 0 Å². The number of methoxy groups -OCH3 is 1. The molecule has 0 spiro atoms. The molecule has 0 saturated heterocycles. The SMILES string of the molecule is CO[C@H]1C=C[C@@H](O[Si](C)(C)C(C)(C)C)C1. The molecule has 0 saturated carbocycles. The smallest absolute Gasteiger partial charge is 0.192 e. The second-order valence-electron chi connectivity index (χ2n) is 5.81. The zero-order valence-electron chi connectivity index (χ0n) is 10.8. The Hall–Kier alpha value is -0.123. The van der Waals surface area contributed by atoms with E-state index < -0.39 is 8.32 Å². The van der Waals surface area contributed by atoms with Crippen molar-refractivity contribution in [3.8, 4) is 0 Å². The van der Waals surface area contributed by atoms with Crippen LogP contribution in [0.15, 0.2) is 12.2 Å². The molecule has 2 atom stereocenters. The minimum Gasteiger partial charge on any atom is -0.410 e. The summed E-state index contributed by atoms with van der Waals surface area (Å²) in [5.74, 6) is 0. The average Bonchev–Trinajstić information content (AvgIpc) is 2.49. The van der Waals surface area contributed by atoms with Crippen molar-refractivity contribution < 1.29 is 9.16 Å². The van der Waals surface area contributed by atoms with Crippen LogP contribution >= 0.6 is 0 Å². The Morgan fingerprint density at radius 3 is 2.07 bits per heavy atom. The molecule has 0 N–H and O–H groups in total. The zero-order chi connectivity index (χ0) is 11.7. The van der Waals surface area contributed by atoms with E-state index >= 15 is 0 Å². The second kappa shape index (κ2) is 4.40. The van der Waals surface area contributed by atoms with Gasteiger partial charge in [-0.15, -0.1) is 0 Å².